The smallest absolute Gasteiger partial charge is 0.346 e. The third kappa shape index (κ3) is 1.89. The third-order valence-corrected chi connectivity index (χ3v) is 4.50. The van der Waals surface area contributed by atoms with Gasteiger partial charge in [-0.15, -0.1) is 0 Å². The second kappa shape index (κ2) is 4.90. The first-order valence-corrected chi connectivity index (χ1v) is 7.05. The monoisotopic (exact) mass is 272 g/mol. The van der Waals surface area contributed by atoms with Gasteiger partial charge in [-0.25, -0.2) is 4.79 Å². The van der Waals surface area contributed by atoms with Gasteiger partial charge in [0.1, 0.15) is 11.4 Å². The molecular formula is C15H20N4O. The highest BCUT2D eigenvalue weighted by molar-refractivity contribution is 6.06. The van der Waals surface area contributed by atoms with E-state index in [9.17, 15) is 4.79 Å². The van der Waals surface area contributed by atoms with Crippen molar-refractivity contribution in [1.29, 1.82) is 0 Å². The number of amides is 2. The molecule has 2 heterocycles. The van der Waals surface area contributed by atoms with Gasteiger partial charge in [0.05, 0.1) is 0 Å². The van der Waals surface area contributed by atoms with Crippen LogP contribution >= 0.6 is 0 Å². The van der Waals surface area contributed by atoms with Crippen LogP contribution in [0.25, 0.3) is 0 Å². The summed E-state index contributed by atoms with van der Waals surface area (Å²) in [6.07, 6.45) is 0.822. The minimum Gasteiger partial charge on any atom is -0.385 e. The van der Waals surface area contributed by atoms with Crippen LogP contribution in [-0.4, -0.2) is 35.4 Å². The molecule has 0 radical (unpaired) electrons. The maximum absolute atomic E-state index is 12.2. The van der Waals surface area contributed by atoms with Crippen LogP contribution in [0.4, 0.5) is 4.79 Å². The number of carbonyl (C=O) groups excluding carboxylic acids is 1. The Hall–Kier alpha value is -1.88. The number of piperidine rings is 1. The van der Waals surface area contributed by atoms with Crippen molar-refractivity contribution in [3.05, 3.63) is 35.9 Å². The van der Waals surface area contributed by atoms with Gasteiger partial charge in [0, 0.05) is 13.1 Å². The number of hydrogen-bond acceptors (Lipinski definition) is 3. The Balaban J connectivity index is 1.93. The number of amidine groups is 1. The van der Waals surface area contributed by atoms with E-state index in [2.05, 4.69) is 17.2 Å². The minimum absolute atomic E-state index is 0.208. The summed E-state index contributed by atoms with van der Waals surface area (Å²) in [5, 5.41) is 3.36. The fourth-order valence-corrected chi connectivity index (χ4v) is 3.34. The molecule has 1 aromatic rings. The molecule has 2 atom stereocenters. The predicted octanol–water partition coefficient (Wildman–Crippen LogP) is 1.35. The molecule has 5 nitrogen and oxygen atoms in total. The normalized spacial score (nSPS) is 29.9. The summed E-state index contributed by atoms with van der Waals surface area (Å²) in [6, 6.07) is 9.79. The standard InChI is InChI=1S/C15H20N4O/c1-11-9-17-8-7-15(11)13(16)18-14(20)19(15)10-12-5-3-2-4-6-12/h2-6,11,17H,7-10H2,1H3,(H2,16,18,20). The quantitative estimate of drug-likeness (QED) is 0.853. The average molecular weight is 272 g/mol. The van der Waals surface area contributed by atoms with Gasteiger partial charge >= 0.3 is 6.03 Å². The van der Waals surface area contributed by atoms with E-state index in [-0.39, 0.29) is 11.9 Å². The van der Waals surface area contributed by atoms with Crippen molar-refractivity contribution in [1.82, 2.24) is 10.2 Å². The van der Waals surface area contributed by atoms with Crippen molar-refractivity contribution >= 4 is 11.9 Å². The molecule has 2 amide bonds. The summed E-state index contributed by atoms with van der Waals surface area (Å²) < 4.78 is 0. The largest absolute Gasteiger partial charge is 0.385 e. The Morgan fingerprint density at radius 2 is 2.20 bits per heavy atom. The number of aliphatic imine (C=N–C) groups is 1. The van der Waals surface area contributed by atoms with Crippen molar-refractivity contribution in [3.8, 4) is 0 Å². The van der Waals surface area contributed by atoms with Crippen molar-refractivity contribution in [2.24, 2.45) is 16.6 Å². The van der Waals surface area contributed by atoms with Gasteiger partial charge in [-0.05, 0) is 24.4 Å². The first kappa shape index (κ1) is 13.1. The molecule has 0 aliphatic carbocycles. The highest BCUT2D eigenvalue weighted by Crippen LogP contribution is 2.36. The molecular weight excluding hydrogens is 252 g/mol. The molecule has 106 valence electrons. The van der Waals surface area contributed by atoms with E-state index in [1.54, 1.807) is 0 Å². The number of nitrogens with two attached hydrogens (primary N) is 1. The lowest BCUT2D eigenvalue weighted by atomic mass is 9.77. The summed E-state index contributed by atoms with van der Waals surface area (Å²) >= 11 is 0. The third-order valence-electron chi connectivity index (χ3n) is 4.50. The van der Waals surface area contributed by atoms with Gasteiger partial charge in [-0.1, -0.05) is 37.3 Å². The zero-order chi connectivity index (χ0) is 14.2. The molecule has 1 aromatic carbocycles. The summed E-state index contributed by atoms with van der Waals surface area (Å²) in [7, 11) is 0. The SMILES string of the molecule is CC1CNCCC12C(N)=NC(=O)N2Cc1ccccc1. The molecule has 0 aromatic heterocycles. The van der Waals surface area contributed by atoms with Crippen LogP contribution in [-0.2, 0) is 6.54 Å². The van der Waals surface area contributed by atoms with Gasteiger partial charge in [0.2, 0.25) is 0 Å². The number of nitrogens with one attached hydrogen (secondary N) is 1. The van der Waals surface area contributed by atoms with Crippen LogP contribution in [0.1, 0.15) is 18.9 Å². The molecule has 2 aliphatic rings. The van der Waals surface area contributed by atoms with Crippen LogP contribution < -0.4 is 11.1 Å². The summed E-state index contributed by atoms with van der Waals surface area (Å²) in [6.45, 7) is 4.41. The Bertz CT molecular complexity index is 542. The van der Waals surface area contributed by atoms with Crippen molar-refractivity contribution in [2.45, 2.75) is 25.4 Å². The molecule has 2 aliphatic heterocycles. The highest BCUT2D eigenvalue weighted by Gasteiger charge is 2.52. The maximum atomic E-state index is 12.2. The van der Waals surface area contributed by atoms with Gasteiger partial charge in [-0.2, -0.15) is 4.99 Å². The topological polar surface area (TPSA) is 70.7 Å². The predicted molar refractivity (Wildman–Crippen MR) is 78.4 cm³/mol. The van der Waals surface area contributed by atoms with E-state index < -0.39 is 5.54 Å². The first-order chi connectivity index (χ1) is 9.64. The first-order valence-electron chi connectivity index (χ1n) is 7.05. The second-order valence-electron chi connectivity index (χ2n) is 5.63. The lowest BCUT2D eigenvalue weighted by Crippen LogP contribution is -2.63. The van der Waals surface area contributed by atoms with Crippen LogP contribution in [0, 0.1) is 5.92 Å². The summed E-state index contributed by atoms with van der Waals surface area (Å²) in [4.78, 5) is 18.1. The number of hydrogen-bond donors (Lipinski definition) is 2. The zero-order valence-electron chi connectivity index (χ0n) is 11.7. The molecule has 20 heavy (non-hydrogen) atoms. The summed E-state index contributed by atoms with van der Waals surface area (Å²) in [5.41, 5.74) is 6.82. The number of rotatable bonds is 2. The van der Waals surface area contributed by atoms with Gasteiger partial charge in [0.15, 0.2) is 0 Å². The van der Waals surface area contributed by atoms with E-state index in [0.717, 1.165) is 25.1 Å². The fraction of sp³-hybridized carbons (Fsp3) is 0.467. The Morgan fingerprint density at radius 3 is 2.90 bits per heavy atom. The number of carbonyl (C=O) groups is 1. The Labute approximate surface area is 118 Å². The van der Waals surface area contributed by atoms with E-state index >= 15 is 0 Å². The van der Waals surface area contributed by atoms with Crippen LogP contribution in [0.3, 0.4) is 0 Å². The van der Waals surface area contributed by atoms with Gasteiger partial charge < -0.3 is 16.0 Å². The Morgan fingerprint density at radius 1 is 1.45 bits per heavy atom. The number of benzene rings is 1. The molecule has 5 heteroatoms. The molecule has 0 bridgehead atoms. The van der Waals surface area contributed by atoms with Crippen LogP contribution in [0.5, 0.6) is 0 Å². The minimum atomic E-state index is -0.418. The van der Waals surface area contributed by atoms with E-state index in [1.165, 1.54) is 0 Å². The molecule has 3 rings (SSSR count). The van der Waals surface area contributed by atoms with E-state index in [4.69, 9.17) is 5.73 Å². The van der Waals surface area contributed by atoms with Crippen molar-refractivity contribution in [2.75, 3.05) is 13.1 Å². The van der Waals surface area contributed by atoms with Gasteiger partial charge in [0.25, 0.3) is 0 Å². The summed E-state index contributed by atoms with van der Waals surface area (Å²) in [5.74, 6) is 0.739. The van der Waals surface area contributed by atoms with Crippen molar-refractivity contribution < 1.29 is 4.79 Å². The lowest BCUT2D eigenvalue weighted by Gasteiger charge is -2.45. The molecule has 1 fully saturated rings. The highest BCUT2D eigenvalue weighted by atomic mass is 16.2. The fourth-order valence-electron chi connectivity index (χ4n) is 3.34. The van der Waals surface area contributed by atoms with E-state index in [0.29, 0.717) is 12.4 Å². The molecule has 2 unspecified atom stereocenters. The maximum Gasteiger partial charge on any atom is 0.346 e. The molecule has 1 spiro atoms. The molecule has 3 N–H and O–H groups in total. The number of urea groups is 1. The number of nitrogens with zero attached hydrogens (tertiary/aromatic N) is 2. The van der Waals surface area contributed by atoms with Crippen molar-refractivity contribution in [3.63, 3.8) is 0 Å². The molecule has 1 saturated heterocycles. The van der Waals surface area contributed by atoms with Crippen LogP contribution in [0.15, 0.2) is 35.3 Å². The molecule has 0 saturated carbocycles. The zero-order valence-corrected chi connectivity index (χ0v) is 11.7. The van der Waals surface area contributed by atoms with Gasteiger partial charge in [-0.3, -0.25) is 0 Å². The Kier molecular flexibility index (Phi) is 3.22. The van der Waals surface area contributed by atoms with Crippen LogP contribution in [0.2, 0.25) is 0 Å². The van der Waals surface area contributed by atoms with E-state index in [1.807, 2.05) is 35.2 Å². The average Bonchev–Trinajstić information content (AvgIpc) is 2.68. The second-order valence-corrected chi connectivity index (χ2v) is 5.63. The lowest BCUT2D eigenvalue weighted by molar-refractivity contribution is 0.105.